The molecule has 7 heteroatoms. The van der Waals surface area contributed by atoms with Crippen LogP contribution in [0.15, 0.2) is 12.4 Å². The van der Waals surface area contributed by atoms with Crippen LogP contribution in [0.3, 0.4) is 0 Å². The van der Waals surface area contributed by atoms with Gasteiger partial charge < -0.3 is 19.5 Å². The lowest BCUT2D eigenvalue weighted by Gasteiger charge is -2.36. The third kappa shape index (κ3) is 3.56. The Hall–Kier alpha value is -1.11. The summed E-state index contributed by atoms with van der Waals surface area (Å²) in [6, 6.07) is 0.0256. The normalized spacial score (nSPS) is 25.7. The molecule has 21 heavy (non-hydrogen) atoms. The number of halogens is 1. The van der Waals surface area contributed by atoms with Crippen molar-refractivity contribution < 1.29 is 9.53 Å². The number of aryl methyl sites for hydroxylation is 1. The molecule has 1 aromatic heterocycles. The van der Waals surface area contributed by atoms with Gasteiger partial charge in [-0.2, -0.15) is 0 Å². The number of aromatic nitrogens is 2. The van der Waals surface area contributed by atoms with E-state index in [-0.39, 0.29) is 30.5 Å². The van der Waals surface area contributed by atoms with Gasteiger partial charge in [0.1, 0.15) is 11.9 Å². The molecule has 0 saturated carbocycles. The SMILES string of the molecule is Cl.Cn1ccnc1C1CNCCN1C(=O)CC1CCCO1. The molecule has 2 atom stereocenters. The lowest BCUT2D eigenvalue weighted by atomic mass is 10.1. The zero-order valence-electron chi connectivity index (χ0n) is 12.3. The number of rotatable bonds is 3. The third-order valence-electron chi connectivity index (χ3n) is 4.15. The van der Waals surface area contributed by atoms with E-state index < -0.39 is 0 Å². The topological polar surface area (TPSA) is 59.4 Å². The van der Waals surface area contributed by atoms with Crippen LogP contribution in [0.5, 0.6) is 0 Å². The van der Waals surface area contributed by atoms with Crippen LogP contribution in [0.2, 0.25) is 0 Å². The molecule has 1 aromatic rings. The maximum atomic E-state index is 12.6. The quantitative estimate of drug-likeness (QED) is 0.900. The molecule has 118 valence electrons. The van der Waals surface area contributed by atoms with Gasteiger partial charge in [-0.15, -0.1) is 12.4 Å². The lowest BCUT2D eigenvalue weighted by Crippen LogP contribution is -2.50. The first-order chi connectivity index (χ1) is 9.75. The fraction of sp³-hybridized carbons (Fsp3) is 0.714. The third-order valence-corrected chi connectivity index (χ3v) is 4.15. The van der Waals surface area contributed by atoms with Crippen molar-refractivity contribution in [2.75, 3.05) is 26.2 Å². The van der Waals surface area contributed by atoms with Crippen LogP contribution in [0, 0.1) is 0 Å². The molecular formula is C14H23ClN4O2. The molecule has 0 spiro atoms. The van der Waals surface area contributed by atoms with Crippen molar-refractivity contribution in [2.45, 2.75) is 31.4 Å². The number of nitrogens with zero attached hydrogens (tertiary/aromatic N) is 3. The second-order valence-corrected chi connectivity index (χ2v) is 5.54. The van der Waals surface area contributed by atoms with E-state index in [9.17, 15) is 4.79 Å². The standard InChI is InChI=1S/C14H22N4O2.ClH/c1-17-6-5-16-14(17)12-10-15-4-7-18(12)13(19)9-11-3-2-8-20-11;/h5-6,11-12,15H,2-4,7-10H2,1H3;1H. The van der Waals surface area contributed by atoms with Crippen molar-refractivity contribution in [3.8, 4) is 0 Å². The van der Waals surface area contributed by atoms with Crippen molar-refractivity contribution in [1.29, 1.82) is 0 Å². The highest BCUT2D eigenvalue weighted by Gasteiger charge is 2.32. The first-order valence-electron chi connectivity index (χ1n) is 7.34. The minimum Gasteiger partial charge on any atom is -0.378 e. The van der Waals surface area contributed by atoms with E-state index in [1.54, 1.807) is 6.20 Å². The van der Waals surface area contributed by atoms with Gasteiger partial charge in [0.2, 0.25) is 5.91 Å². The first-order valence-corrected chi connectivity index (χ1v) is 7.34. The Morgan fingerprint density at radius 1 is 1.57 bits per heavy atom. The van der Waals surface area contributed by atoms with Crippen LogP contribution in [0.1, 0.15) is 31.1 Å². The van der Waals surface area contributed by atoms with Crippen LogP contribution < -0.4 is 5.32 Å². The molecular weight excluding hydrogens is 292 g/mol. The summed E-state index contributed by atoms with van der Waals surface area (Å²) in [5, 5.41) is 3.35. The van der Waals surface area contributed by atoms with E-state index in [1.165, 1.54) is 0 Å². The van der Waals surface area contributed by atoms with Crippen molar-refractivity contribution in [3.63, 3.8) is 0 Å². The molecule has 2 fully saturated rings. The smallest absolute Gasteiger partial charge is 0.225 e. The van der Waals surface area contributed by atoms with E-state index in [2.05, 4.69) is 10.3 Å². The number of imidazole rings is 1. The van der Waals surface area contributed by atoms with Gasteiger partial charge in [-0.25, -0.2) is 4.98 Å². The summed E-state index contributed by atoms with van der Waals surface area (Å²) >= 11 is 0. The van der Waals surface area contributed by atoms with E-state index in [1.807, 2.05) is 22.7 Å². The number of carbonyl (C=O) groups excluding carboxylic acids is 1. The predicted molar refractivity (Wildman–Crippen MR) is 81.4 cm³/mol. The minimum atomic E-state index is 0. The van der Waals surface area contributed by atoms with Crippen molar-refractivity contribution in [3.05, 3.63) is 18.2 Å². The van der Waals surface area contributed by atoms with Gasteiger partial charge in [0.05, 0.1) is 12.5 Å². The molecule has 0 bridgehead atoms. The minimum absolute atomic E-state index is 0. The average molecular weight is 315 g/mol. The van der Waals surface area contributed by atoms with Gasteiger partial charge in [0.25, 0.3) is 0 Å². The molecule has 0 aromatic carbocycles. The molecule has 2 aliphatic heterocycles. The van der Waals surface area contributed by atoms with Gasteiger partial charge in [0.15, 0.2) is 0 Å². The lowest BCUT2D eigenvalue weighted by molar-refractivity contribution is -0.137. The van der Waals surface area contributed by atoms with Crippen LogP contribution in [-0.4, -0.2) is 52.7 Å². The largest absolute Gasteiger partial charge is 0.378 e. The van der Waals surface area contributed by atoms with E-state index in [4.69, 9.17) is 4.74 Å². The van der Waals surface area contributed by atoms with Crippen LogP contribution in [-0.2, 0) is 16.6 Å². The summed E-state index contributed by atoms with van der Waals surface area (Å²) in [7, 11) is 1.97. The van der Waals surface area contributed by atoms with E-state index in [0.717, 1.165) is 44.9 Å². The second kappa shape index (κ2) is 7.24. The van der Waals surface area contributed by atoms with Crippen LogP contribution in [0.4, 0.5) is 0 Å². The van der Waals surface area contributed by atoms with Gasteiger partial charge in [0, 0.05) is 45.7 Å². The second-order valence-electron chi connectivity index (χ2n) is 5.54. The summed E-state index contributed by atoms with van der Waals surface area (Å²) in [5.41, 5.74) is 0. The monoisotopic (exact) mass is 314 g/mol. The average Bonchev–Trinajstić information content (AvgIpc) is 3.10. The van der Waals surface area contributed by atoms with Crippen molar-refractivity contribution in [2.24, 2.45) is 7.05 Å². The summed E-state index contributed by atoms with van der Waals surface area (Å²) in [6.45, 7) is 3.14. The van der Waals surface area contributed by atoms with Crippen molar-refractivity contribution in [1.82, 2.24) is 19.8 Å². The number of carbonyl (C=O) groups is 1. The molecule has 2 aliphatic rings. The van der Waals surface area contributed by atoms with Gasteiger partial charge in [-0.3, -0.25) is 4.79 Å². The highest BCUT2D eigenvalue weighted by atomic mass is 35.5. The van der Waals surface area contributed by atoms with E-state index >= 15 is 0 Å². The summed E-state index contributed by atoms with van der Waals surface area (Å²) in [5.74, 6) is 1.13. The number of amides is 1. The molecule has 6 nitrogen and oxygen atoms in total. The Morgan fingerprint density at radius 3 is 3.10 bits per heavy atom. The van der Waals surface area contributed by atoms with Crippen LogP contribution >= 0.6 is 12.4 Å². The number of piperazine rings is 1. The number of hydrogen-bond donors (Lipinski definition) is 1. The highest BCUT2D eigenvalue weighted by molar-refractivity contribution is 5.85. The van der Waals surface area contributed by atoms with Gasteiger partial charge in [-0.1, -0.05) is 0 Å². The summed E-state index contributed by atoms with van der Waals surface area (Å²) in [6.07, 6.45) is 6.40. The molecule has 0 aliphatic carbocycles. The molecule has 1 N–H and O–H groups in total. The van der Waals surface area contributed by atoms with Crippen LogP contribution in [0.25, 0.3) is 0 Å². The van der Waals surface area contributed by atoms with Crippen molar-refractivity contribution >= 4 is 18.3 Å². The molecule has 3 heterocycles. The summed E-state index contributed by atoms with van der Waals surface area (Å²) < 4.78 is 7.57. The summed E-state index contributed by atoms with van der Waals surface area (Å²) in [4.78, 5) is 18.9. The van der Waals surface area contributed by atoms with E-state index in [0.29, 0.717) is 6.42 Å². The Labute approximate surface area is 131 Å². The van der Waals surface area contributed by atoms with Gasteiger partial charge >= 0.3 is 0 Å². The number of hydrogen-bond acceptors (Lipinski definition) is 4. The Balaban J connectivity index is 0.00000161. The Morgan fingerprint density at radius 2 is 2.43 bits per heavy atom. The van der Waals surface area contributed by atoms with Gasteiger partial charge in [-0.05, 0) is 12.8 Å². The number of nitrogens with one attached hydrogen (secondary N) is 1. The molecule has 1 amide bonds. The fourth-order valence-electron chi connectivity index (χ4n) is 3.05. The Bertz CT molecular complexity index is 473. The highest BCUT2D eigenvalue weighted by Crippen LogP contribution is 2.23. The maximum absolute atomic E-state index is 12.6. The zero-order valence-corrected chi connectivity index (χ0v) is 13.1. The number of ether oxygens (including phenoxy) is 1. The predicted octanol–water partition coefficient (Wildman–Crippen LogP) is 0.884. The fourth-order valence-corrected chi connectivity index (χ4v) is 3.05. The maximum Gasteiger partial charge on any atom is 0.225 e. The molecule has 3 rings (SSSR count). The molecule has 0 radical (unpaired) electrons. The zero-order chi connectivity index (χ0) is 13.9. The first kappa shape index (κ1) is 16.3. The molecule has 2 unspecified atom stereocenters. The Kier molecular flexibility index (Phi) is 5.61. The molecule has 2 saturated heterocycles.